The summed E-state index contributed by atoms with van der Waals surface area (Å²) < 4.78 is 0. The molecule has 0 radical (unpaired) electrons. The Morgan fingerprint density at radius 1 is 1.31 bits per heavy atom. The first-order valence-electron chi connectivity index (χ1n) is 5.99. The molecule has 0 aromatic heterocycles. The second kappa shape index (κ2) is 9.93. The molecular formula is C12H24IN3. The van der Waals surface area contributed by atoms with Crippen molar-refractivity contribution in [3.05, 3.63) is 12.2 Å². The van der Waals surface area contributed by atoms with Crippen LogP contribution in [0.5, 0.6) is 0 Å². The van der Waals surface area contributed by atoms with Gasteiger partial charge in [-0.25, -0.2) is 0 Å². The first-order valence-corrected chi connectivity index (χ1v) is 5.99. The first-order chi connectivity index (χ1) is 7.36. The smallest absolute Gasteiger partial charge is 0.191 e. The quantitative estimate of drug-likeness (QED) is 0.266. The van der Waals surface area contributed by atoms with E-state index in [1.54, 1.807) is 0 Å². The molecule has 0 saturated heterocycles. The number of hydrogen-bond acceptors (Lipinski definition) is 1. The van der Waals surface area contributed by atoms with Gasteiger partial charge in [-0.15, -0.1) is 24.0 Å². The Hall–Kier alpha value is -0.260. The van der Waals surface area contributed by atoms with E-state index in [9.17, 15) is 0 Å². The molecule has 1 aliphatic rings. The highest BCUT2D eigenvalue weighted by atomic mass is 127. The van der Waals surface area contributed by atoms with Crippen molar-refractivity contribution in [1.29, 1.82) is 0 Å². The molecule has 0 bridgehead atoms. The van der Waals surface area contributed by atoms with Crippen LogP contribution in [0.1, 0.15) is 39.0 Å². The summed E-state index contributed by atoms with van der Waals surface area (Å²) in [5, 5.41) is 6.76. The van der Waals surface area contributed by atoms with Crippen molar-refractivity contribution in [3.8, 4) is 0 Å². The van der Waals surface area contributed by atoms with Gasteiger partial charge in [0.2, 0.25) is 0 Å². The Kier molecular flexibility index (Phi) is 9.77. The monoisotopic (exact) mass is 337 g/mol. The zero-order valence-electron chi connectivity index (χ0n) is 10.3. The summed E-state index contributed by atoms with van der Waals surface area (Å²) in [4.78, 5) is 4.22. The van der Waals surface area contributed by atoms with Gasteiger partial charge in [-0.05, 0) is 19.3 Å². The molecule has 1 rings (SSSR count). The van der Waals surface area contributed by atoms with Crippen LogP contribution in [-0.2, 0) is 0 Å². The van der Waals surface area contributed by atoms with E-state index >= 15 is 0 Å². The highest BCUT2D eigenvalue weighted by Gasteiger charge is 2.10. The molecule has 0 fully saturated rings. The van der Waals surface area contributed by atoms with E-state index in [0.717, 1.165) is 25.3 Å². The molecule has 1 aliphatic carbocycles. The lowest BCUT2D eigenvalue weighted by molar-refractivity contribution is 0.622. The average Bonchev–Trinajstić information content (AvgIpc) is 2.75. The number of nitrogens with one attached hydrogen (secondary N) is 2. The van der Waals surface area contributed by atoms with Gasteiger partial charge in [0.05, 0.1) is 0 Å². The third-order valence-electron chi connectivity index (χ3n) is 2.65. The van der Waals surface area contributed by atoms with Crippen LogP contribution in [0.25, 0.3) is 0 Å². The maximum Gasteiger partial charge on any atom is 0.191 e. The number of rotatable bonds is 5. The highest BCUT2D eigenvalue weighted by molar-refractivity contribution is 14.0. The molecular weight excluding hydrogens is 313 g/mol. The number of guanidine groups is 1. The van der Waals surface area contributed by atoms with Crippen LogP contribution < -0.4 is 10.6 Å². The molecule has 0 aliphatic heterocycles. The summed E-state index contributed by atoms with van der Waals surface area (Å²) >= 11 is 0. The fourth-order valence-electron chi connectivity index (χ4n) is 1.70. The summed E-state index contributed by atoms with van der Waals surface area (Å²) in [5.41, 5.74) is 0. The molecule has 0 saturated carbocycles. The standard InChI is InChI=1S/C12H23N3.HI/c1-3-4-7-10-14-12(13-2)15-11-8-5-6-9-11;/h5-6,11H,3-4,7-10H2,1-2H3,(H2,13,14,15);1H. The van der Waals surface area contributed by atoms with Gasteiger partial charge in [0.15, 0.2) is 5.96 Å². The second-order valence-corrected chi connectivity index (χ2v) is 3.99. The number of unbranched alkanes of at least 4 members (excludes halogenated alkanes) is 2. The van der Waals surface area contributed by atoms with Crippen LogP contribution in [0, 0.1) is 0 Å². The van der Waals surface area contributed by atoms with Gasteiger partial charge in [-0.3, -0.25) is 4.99 Å². The van der Waals surface area contributed by atoms with Crippen molar-refractivity contribution >= 4 is 29.9 Å². The fourth-order valence-corrected chi connectivity index (χ4v) is 1.70. The molecule has 2 N–H and O–H groups in total. The molecule has 0 atom stereocenters. The van der Waals surface area contributed by atoms with E-state index in [2.05, 4.69) is 34.7 Å². The van der Waals surface area contributed by atoms with Crippen molar-refractivity contribution in [2.75, 3.05) is 13.6 Å². The van der Waals surface area contributed by atoms with Gasteiger partial charge in [-0.2, -0.15) is 0 Å². The molecule has 0 heterocycles. The lowest BCUT2D eigenvalue weighted by atomic mass is 10.2. The molecule has 3 nitrogen and oxygen atoms in total. The topological polar surface area (TPSA) is 36.4 Å². The third kappa shape index (κ3) is 6.35. The maximum atomic E-state index is 4.22. The Balaban J connectivity index is 0.00000225. The Morgan fingerprint density at radius 3 is 2.56 bits per heavy atom. The van der Waals surface area contributed by atoms with E-state index in [4.69, 9.17) is 0 Å². The van der Waals surface area contributed by atoms with Crippen molar-refractivity contribution in [3.63, 3.8) is 0 Å². The van der Waals surface area contributed by atoms with Crippen LogP contribution in [0.4, 0.5) is 0 Å². The number of nitrogens with zero attached hydrogens (tertiary/aromatic N) is 1. The van der Waals surface area contributed by atoms with Crippen molar-refractivity contribution < 1.29 is 0 Å². The zero-order chi connectivity index (χ0) is 10.9. The van der Waals surface area contributed by atoms with Gasteiger partial charge in [0.25, 0.3) is 0 Å². The normalized spacial score (nSPS) is 16.0. The van der Waals surface area contributed by atoms with Gasteiger partial charge >= 0.3 is 0 Å². The van der Waals surface area contributed by atoms with Gasteiger partial charge in [0.1, 0.15) is 0 Å². The second-order valence-electron chi connectivity index (χ2n) is 3.99. The van der Waals surface area contributed by atoms with Crippen LogP contribution in [0.2, 0.25) is 0 Å². The van der Waals surface area contributed by atoms with Crippen molar-refractivity contribution in [2.45, 2.75) is 45.1 Å². The largest absolute Gasteiger partial charge is 0.356 e. The average molecular weight is 337 g/mol. The van der Waals surface area contributed by atoms with Crippen molar-refractivity contribution in [2.24, 2.45) is 4.99 Å². The summed E-state index contributed by atoms with van der Waals surface area (Å²) in [7, 11) is 1.83. The van der Waals surface area contributed by atoms with Crippen LogP contribution in [-0.4, -0.2) is 25.6 Å². The Labute approximate surface area is 116 Å². The van der Waals surface area contributed by atoms with Crippen LogP contribution in [0.15, 0.2) is 17.1 Å². The van der Waals surface area contributed by atoms with Crippen molar-refractivity contribution in [1.82, 2.24) is 10.6 Å². The van der Waals surface area contributed by atoms with Crippen LogP contribution >= 0.6 is 24.0 Å². The van der Waals surface area contributed by atoms with Crippen LogP contribution in [0.3, 0.4) is 0 Å². The molecule has 16 heavy (non-hydrogen) atoms. The van der Waals surface area contributed by atoms with Gasteiger partial charge in [-0.1, -0.05) is 31.9 Å². The summed E-state index contributed by atoms with van der Waals surface area (Å²) in [6.45, 7) is 3.24. The SMILES string of the molecule is CCCCCNC(=NC)NC1CC=CC1.I. The highest BCUT2D eigenvalue weighted by Crippen LogP contribution is 2.08. The van der Waals surface area contributed by atoms with Gasteiger partial charge in [0, 0.05) is 19.6 Å². The zero-order valence-corrected chi connectivity index (χ0v) is 12.7. The maximum absolute atomic E-state index is 4.22. The molecule has 0 spiro atoms. The lowest BCUT2D eigenvalue weighted by Gasteiger charge is -2.16. The lowest BCUT2D eigenvalue weighted by Crippen LogP contribution is -2.42. The van der Waals surface area contributed by atoms with Gasteiger partial charge < -0.3 is 10.6 Å². The summed E-state index contributed by atoms with van der Waals surface area (Å²) in [6.07, 6.45) is 10.5. The molecule has 0 aromatic carbocycles. The first kappa shape index (κ1) is 15.7. The molecule has 0 amide bonds. The third-order valence-corrected chi connectivity index (χ3v) is 2.65. The molecule has 4 heteroatoms. The fraction of sp³-hybridized carbons (Fsp3) is 0.750. The predicted octanol–water partition coefficient (Wildman–Crippen LogP) is 2.68. The number of halogens is 1. The number of hydrogen-bond donors (Lipinski definition) is 2. The summed E-state index contributed by atoms with van der Waals surface area (Å²) in [6, 6.07) is 0.544. The molecule has 0 unspecified atom stereocenters. The predicted molar refractivity (Wildman–Crippen MR) is 81.6 cm³/mol. The minimum atomic E-state index is 0. The van der Waals surface area contributed by atoms with E-state index in [-0.39, 0.29) is 24.0 Å². The minimum Gasteiger partial charge on any atom is -0.356 e. The van der Waals surface area contributed by atoms with E-state index in [0.29, 0.717) is 6.04 Å². The Bertz CT molecular complexity index is 218. The summed E-state index contributed by atoms with van der Waals surface area (Å²) in [5.74, 6) is 0.944. The molecule has 94 valence electrons. The van der Waals surface area contributed by atoms with E-state index in [1.807, 2.05) is 7.05 Å². The Morgan fingerprint density at radius 2 is 2.00 bits per heavy atom. The van der Waals surface area contributed by atoms with E-state index < -0.39 is 0 Å². The minimum absolute atomic E-state index is 0. The molecule has 0 aromatic rings. The number of aliphatic imine (C=N–C) groups is 1. The van der Waals surface area contributed by atoms with E-state index in [1.165, 1.54) is 19.3 Å².